The zero-order chi connectivity index (χ0) is 13.8. The van der Waals surface area contributed by atoms with Gasteiger partial charge in [-0.2, -0.15) is 0 Å². The predicted molar refractivity (Wildman–Crippen MR) is 71.5 cm³/mol. The Morgan fingerprint density at radius 1 is 1.53 bits per heavy atom. The fourth-order valence-electron chi connectivity index (χ4n) is 2.86. The van der Waals surface area contributed by atoms with Gasteiger partial charge in [0.1, 0.15) is 0 Å². The summed E-state index contributed by atoms with van der Waals surface area (Å²) < 4.78 is 4.68. The first-order valence-electron chi connectivity index (χ1n) is 6.87. The van der Waals surface area contributed by atoms with Gasteiger partial charge in [0.15, 0.2) is 0 Å². The summed E-state index contributed by atoms with van der Waals surface area (Å²) in [5.74, 6) is 0.481. The standard InChI is InChI=1S/C14H22N2O3/c1-10(14(18)19-2)5-7-16-8-6-12-11(9-16)3-4-13(17)15-12/h5,11-12H,3-4,6-9H2,1-2H3,(H,15,17). The van der Waals surface area contributed by atoms with Crippen molar-refractivity contribution in [2.45, 2.75) is 32.2 Å². The number of fused-ring (bicyclic) bond motifs is 1. The molecule has 2 heterocycles. The van der Waals surface area contributed by atoms with E-state index < -0.39 is 0 Å². The van der Waals surface area contributed by atoms with Crippen LogP contribution in [-0.4, -0.2) is 49.6 Å². The lowest BCUT2D eigenvalue weighted by molar-refractivity contribution is -0.136. The highest BCUT2D eigenvalue weighted by atomic mass is 16.5. The second-order valence-electron chi connectivity index (χ2n) is 5.40. The number of ether oxygens (including phenoxy) is 1. The van der Waals surface area contributed by atoms with Gasteiger partial charge >= 0.3 is 5.97 Å². The molecule has 0 saturated carbocycles. The second kappa shape index (κ2) is 6.19. The third-order valence-corrected chi connectivity index (χ3v) is 4.07. The third-order valence-electron chi connectivity index (χ3n) is 4.07. The van der Waals surface area contributed by atoms with Crippen LogP contribution >= 0.6 is 0 Å². The molecule has 2 aliphatic heterocycles. The molecule has 1 amide bonds. The van der Waals surface area contributed by atoms with Crippen LogP contribution in [-0.2, 0) is 14.3 Å². The van der Waals surface area contributed by atoms with Crippen LogP contribution in [0.25, 0.3) is 0 Å². The number of likely N-dealkylation sites (tertiary alicyclic amines) is 1. The molecule has 2 fully saturated rings. The van der Waals surface area contributed by atoms with Crippen molar-refractivity contribution in [3.63, 3.8) is 0 Å². The molecular weight excluding hydrogens is 244 g/mol. The van der Waals surface area contributed by atoms with E-state index >= 15 is 0 Å². The highest BCUT2D eigenvalue weighted by molar-refractivity contribution is 5.87. The van der Waals surface area contributed by atoms with Crippen molar-refractivity contribution in [1.82, 2.24) is 10.2 Å². The van der Waals surface area contributed by atoms with Crippen molar-refractivity contribution in [1.29, 1.82) is 0 Å². The molecule has 19 heavy (non-hydrogen) atoms. The SMILES string of the molecule is COC(=O)C(C)=CCN1CCC2NC(=O)CCC2C1. The third kappa shape index (κ3) is 3.56. The van der Waals surface area contributed by atoms with Crippen LogP contribution in [0.3, 0.4) is 0 Å². The van der Waals surface area contributed by atoms with Gasteiger partial charge in [-0.1, -0.05) is 6.08 Å². The Kier molecular flexibility index (Phi) is 4.58. The monoisotopic (exact) mass is 266 g/mol. The fourth-order valence-corrected chi connectivity index (χ4v) is 2.86. The molecule has 0 spiro atoms. The minimum Gasteiger partial charge on any atom is -0.466 e. The smallest absolute Gasteiger partial charge is 0.333 e. The topological polar surface area (TPSA) is 58.6 Å². The zero-order valence-electron chi connectivity index (χ0n) is 11.6. The first kappa shape index (κ1) is 14.1. The summed E-state index contributed by atoms with van der Waals surface area (Å²) in [5, 5.41) is 3.08. The Morgan fingerprint density at radius 2 is 2.32 bits per heavy atom. The Hall–Kier alpha value is -1.36. The van der Waals surface area contributed by atoms with Crippen LogP contribution in [0.1, 0.15) is 26.2 Å². The summed E-state index contributed by atoms with van der Waals surface area (Å²) in [5.41, 5.74) is 0.654. The van der Waals surface area contributed by atoms with Crippen molar-refractivity contribution >= 4 is 11.9 Å². The van der Waals surface area contributed by atoms with Gasteiger partial charge in [0.05, 0.1) is 7.11 Å². The summed E-state index contributed by atoms with van der Waals surface area (Å²) >= 11 is 0. The molecule has 106 valence electrons. The maximum atomic E-state index is 11.3. The largest absolute Gasteiger partial charge is 0.466 e. The number of nitrogens with one attached hydrogen (secondary N) is 1. The van der Waals surface area contributed by atoms with Gasteiger partial charge in [0, 0.05) is 37.7 Å². The van der Waals surface area contributed by atoms with Crippen LogP contribution in [0, 0.1) is 5.92 Å². The lowest BCUT2D eigenvalue weighted by atomic mass is 9.85. The first-order chi connectivity index (χ1) is 9.10. The average molecular weight is 266 g/mol. The molecule has 0 aromatic carbocycles. The summed E-state index contributed by atoms with van der Waals surface area (Å²) in [4.78, 5) is 25.0. The predicted octanol–water partition coefficient (Wildman–Crippen LogP) is 0.706. The highest BCUT2D eigenvalue weighted by Gasteiger charge is 2.33. The number of amides is 1. The van der Waals surface area contributed by atoms with Crippen molar-refractivity contribution in [3.05, 3.63) is 11.6 Å². The van der Waals surface area contributed by atoms with Gasteiger partial charge in [-0.25, -0.2) is 4.79 Å². The molecule has 2 atom stereocenters. The van der Waals surface area contributed by atoms with E-state index in [1.807, 2.05) is 6.08 Å². The normalized spacial score (nSPS) is 28.5. The van der Waals surface area contributed by atoms with E-state index in [1.165, 1.54) is 7.11 Å². The molecule has 2 saturated heterocycles. The van der Waals surface area contributed by atoms with Gasteiger partial charge in [-0.3, -0.25) is 9.69 Å². The van der Waals surface area contributed by atoms with E-state index in [1.54, 1.807) is 6.92 Å². The van der Waals surface area contributed by atoms with E-state index in [0.29, 0.717) is 24.0 Å². The van der Waals surface area contributed by atoms with Gasteiger partial charge < -0.3 is 10.1 Å². The summed E-state index contributed by atoms with van der Waals surface area (Å²) in [6.07, 6.45) is 4.55. The van der Waals surface area contributed by atoms with Crippen LogP contribution in [0.4, 0.5) is 0 Å². The maximum Gasteiger partial charge on any atom is 0.333 e. The highest BCUT2D eigenvalue weighted by Crippen LogP contribution is 2.25. The molecule has 0 aliphatic carbocycles. The van der Waals surface area contributed by atoms with Gasteiger partial charge in [-0.15, -0.1) is 0 Å². The molecule has 5 heteroatoms. The van der Waals surface area contributed by atoms with Crippen molar-refractivity contribution < 1.29 is 14.3 Å². The number of esters is 1. The molecule has 0 aromatic rings. The molecule has 2 aliphatic rings. The summed E-state index contributed by atoms with van der Waals surface area (Å²) in [7, 11) is 1.40. The number of hydrogen-bond acceptors (Lipinski definition) is 4. The van der Waals surface area contributed by atoms with Gasteiger partial charge in [0.25, 0.3) is 0 Å². The molecule has 2 rings (SSSR count). The molecule has 0 radical (unpaired) electrons. The number of rotatable bonds is 3. The fraction of sp³-hybridized carbons (Fsp3) is 0.714. The lowest BCUT2D eigenvalue weighted by Crippen LogP contribution is -2.53. The average Bonchev–Trinajstić information content (AvgIpc) is 2.43. The summed E-state index contributed by atoms with van der Waals surface area (Å²) in [6.45, 7) is 4.51. The zero-order valence-corrected chi connectivity index (χ0v) is 11.6. The number of carbonyl (C=O) groups excluding carboxylic acids is 2. The quantitative estimate of drug-likeness (QED) is 0.603. The molecule has 0 aromatic heterocycles. The molecule has 2 unspecified atom stereocenters. The minimum atomic E-state index is -0.264. The summed E-state index contributed by atoms with van der Waals surface area (Å²) in [6, 6.07) is 0.350. The van der Waals surface area contributed by atoms with Gasteiger partial charge in [0.2, 0.25) is 5.91 Å². The van der Waals surface area contributed by atoms with Crippen LogP contribution in [0.15, 0.2) is 11.6 Å². The first-order valence-corrected chi connectivity index (χ1v) is 6.87. The molecule has 1 N–H and O–H groups in total. The Morgan fingerprint density at radius 3 is 3.05 bits per heavy atom. The van der Waals surface area contributed by atoms with E-state index in [2.05, 4.69) is 15.0 Å². The van der Waals surface area contributed by atoms with Crippen molar-refractivity contribution in [2.24, 2.45) is 5.92 Å². The van der Waals surface area contributed by atoms with Crippen LogP contribution in [0.5, 0.6) is 0 Å². The number of piperidine rings is 2. The maximum absolute atomic E-state index is 11.3. The second-order valence-corrected chi connectivity index (χ2v) is 5.40. The lowest BCUT2D eigenvalue weighted by Gasteiger charge is -2.41. The Labute approximate surface area is 114 Å². The van der Waals surface area contributed by atoms with Crippen molar-refractivity contribution in [2.75, 3.05) is 26.7 Å². The Bertz CT molecular complexity index is 392. The number of nitrogens with zero attached hydrogens (tertiary/aromatic N) is 1. The van der Waals surface area contributed by atoms with E-state index in [4.69, 9.17) is 0 Å². The Balaban J connectivity index is 1.84. The van der Waals surface area contributed by atoms with Gasteiger partial charge in [-0.05, 0) is 25.7 Å². The van der Waals surface area contributed by atoms with Crippen LogP contribution in [0.2, 0.25) is 0 Å². The van der Waals surface area contributed by atoms with E-state index in [9.17, 15) is 9.59 Å². The molecular formula is C14H22N2O3. The number of carbonyl (C=O) groups is 2. The number of methoxy groups -OCH3 is 1. The van der Waals surface area contributed by atoms with E-state index in [-0.39, 0.29) is 11.9 Å². The van der Waals surface area contributed by atoms with Crippen molar-refractivity contribution in [3.8, 4) is 0 Å². The molecule has 5 nitrogen and oxygen atoms in total. The number of hydrogen-bond donors (Lipinski definition) is 1. The van der Waals surface area contributed by atoms with Crippen LogP contribution < -0.4 is 5.32 Å². The molecule has 0 bridgehead atoms. The van der Waals surface area contributed by atoms with E-state index in [0.717, 1.165) is 32.5 Å². The minimum absolute atomic E-state index is 0.191.